The van der Waals surface area contributed by atoms with Crippen LogP contribution in [-0.4, -0.2) is 39.8 Å². The predicted molar refractivity (Wildman–Crippen MR) is 89.2 cm³/mol. The number of pyridine rings is 1. The molecule has 3 rings (SSSR count). The van der Waals surface area contributed by atoms with Gasteiger partial charge in [-0.05, 0) is 37.6 Å². The summed E-state index contributed by atoms with van der Waals surface area (Å²) in [5.74, 6) is -0.146. The molecule has 0 spiro atoms. The lowest BCUT2D eigenvalue weighted by atomic mass is 10.2. The van der Waals surface area contributed by atoms with Crippen LogP contribution in [-0.2, 0) is 0 Å². The van der Waals surface area contributed by atoms with Gasteiger partial charge in [0.1, 0.15) is 5.69 Å². The first-order chi connectivity index (χ1) is 9.83. The van der Waals surface area contributed by atoms with Crippen molar-refractivity contribution in [2.45, 2.75) is 18.9 Å². The molecule has 2 N–H and O–H groups in total. The summed E-state index contributed by atoms with van der Waals surface area (Å²) in [5.41, 5.74) is 1.24. The minimum Gasteiger partial charge on any atom is -0.349 e. The van der Waals surface area contributed by atoms with Gasteiger partial charge in [-0.2, -0.15) is 5.10 Å². The van der Waals surface area contributed by atoms with Crippen molar-refractivity contribution < 1.29 is 4.79 Å². The van der Waals surface area contributed by atoms with Crippen molar-refractivity contribution in [3.63, 3.8) is 0 Å². The molecular weight excluding hydrogens is 325 g/mol. The largest absolute Gasteiger partial charge is 0.349 e. The summed E-state index contributed by atoms with van der Waals surface area (Å²) in [6.45, 7) is 1.68. The zero-order valence-corrected chi connectivity index (χ0v) is 13.6. The van der Waals surface area contributed by atoms with E-state index in [0.29, 0.717) is 18.3 Å². The molecule has 1 aliphatic heterocycles. The summed E-state index contributed by atoms with van der Waals surface area (Å²) in [5, 5.41) is 10.4. The first kappa shape index (κ1) is 18.4. The highest BCUT2D eigenvalue weighted by Gasteiger charge is 2.16. The van der Waals surface area contributed by atoms with E-state index in [-0.39, 0.29) is 30.7 Å². The summed E-state index contributed by atoms with van der Waals surface area (Å²) in [7, 11) is 0. The van der Waals surface area contributed by atoms with Crippen LogP contribution in [0.5, 0.6) is 0 Å². The summed E-state index contributed by atoms with van der Waals surface area (Å²) in [6.07, 6.45) is 7.44. The summed E-state index contributed by atoms with van der Waals surface area (Å²) in [4.78, 5) is 16.2. The van der Waals surface area contributed by atoms with Crippen LogP contribution in [0.25, 0.3) is 5.69 Å². The highest BCUT2D eigenvalue weighted by molar-refractivity contribution is 5.92. The highest BCUT2D eigenvalue weighted by Crippen LogP contribution is 2.08. The second-order valence-corrected chi connectivity index (χ2v) is 4.85. The lowest BCUT2D eigenvalue weighted by molar-refractivity contribution is 0.0945. The molecule has 1 saturated heterocycles. The second kappa shape index (κ2) is 8.73. The molecule has 1 atom stereocenters. The fraction of sp³-hybridized carbons (Fsp3) is 0.357. The Kier molecular flexibility index (Phi) is 7.31. The van der Waals surface area contributed by atoms with Crippen molar-refractivity contribution in [2.75, 3.05) is 13.1 Å². The van der Waals surface area contributed by atoms with Gasteiger partial charge in [0.25, 0.3) is 5.91 Å². The van der Waals surface area contributed by atoms with Crippen molar-refractivity contribution in [2.24, 2.45) is 0 Å². The lowest BCUT2D eigenvalue weighted by Crippen LogP contribution is -2.37. The maximum Gasteiger partial charge on any atom is 0.270 e. The molecule has 0 aliphatic carbocycles. The highest BCUT2D eigenvalue weighted by atomic mass is 35.5. The summed E-state index contributed by atoms with van der Waals surface area (Å²) >= 11 is 0. The molecule has 120 valence electrons. The molecule has 1 unspecified atom stereocenters. The molecule has 1 aliphatic rings. The van der Waals surface area contributed by atoms with E-state index in [1.165, 1.54) is 6.42 Å². The van der Waals surface area contributed by atoms with E-state index in [0.717, 1.165) is 18.7 Å². The molecule has 2 aromatic rings. The van der Waals surface area contributed by atoms with E-state index in [9.17, 15) is 4.79 Å². The quantitative estimate of drug-likeness (QED) is 0.884. The van der Waals surface area contributed by atoms with Gasteiger partial charge in [-0.25, -0.2) is 4.68 Å². The SMILES string of the molecule is Cl.Cl.O=C(NCC1CCCN1)c1cc(-n2cccn2)ccn1. The molecule has 0 radical (unpaired) electrons. The minimum atomic E-state index is -0.146. The van der Waals surface area contributed by atoms with Gasteiger partial charge in [0.2, 0.25) is 0 Å². The van der Waals surface area contributed by atoms with Gasteiger partial charge in [-0.1, -0.05) is 0 Å². The third kappa shape index (κ3) is 4.43. The Morgan fingerprint density at radius 1 is 1.41 bits per heavy atom. The Labute approximate surface area is 141 Å². The molecule has 3 heterocycles. The van der Waals surface area contributed by atoms with Crippen molar-refractivity contribution in [1.82, 2.24) is 25.4 Å². The van der Waals surface area contributed by atoms with Crippen molar-refractivity contribution in [1.29, 1.82) is 0 Å². The molecule has 2 aromatic heterocycles. The van der Waals surface area contributed by atoms with Crippen LogP contribution < -0.4 is 10.6 Å². The number of aromatic nitrogens is 3. The second-order valence-electron chi connectivity index (χ2n) is 4.85. The average Bonchev–Trinajstić information content (AvgIpc) is 3.18. The smallest absolute Gasteiger partial charge is 0.270 e. The van der Waals surface area contributed by atoms with E-state index in [4.69, 9.17) is 0 Å². The van der Waals surface area contributed by atoms with Crippen LogP contribution in [0, 0.1) is 0 Å². The summed E-state index contributed by atoms with van der Waals surface area (Å²) in [6, 6.07) is 5.78. The monoisotopic (exact) mass is 343 g/mol. The van der Waals surface area contributed by atoms with Crippen LogP contribution in [0.2, 0.25) is 0 Å². The molecule has 1 amide bonds. The number of nitrogens with zero attached hydrogens (tertiary/aromatic N) is 3. The number of hydrogen-bond donors (Lipinski definition) is 2. The van der Waals surface area contributed by atoms with Gasteiger partial charge in [0, 0.05) is 31.2 Å². The minimum absolute atomic E-state index is 0. The fourth-order valence-electron chi connectivity index (χ4n) is 2.35. The number of nitrogens with one attached hydrogen (secondary N) is 2. The number of halogens is 2. The predicted octanol–water partition coefficient (Wildman–Crippen LogP) is 1.59. The Morgan fingerprint density at radius 2 is 2.27 bits per heavy atom. The van der Waals surface area contributed by atoms with Crippen LogP contribution in [0.4, 0.5) is 0 Å². The summed E-state index contributed by atoms with van der Waals surface area (Å²) < 4.78 is 1.71. The molecule has 1 fully saturated rings. The third-order valence-electron chi connectivity index (χ3n) is 3.42. The fourth-order valence-corrected chi connectivity index (χ4v) is 2.35. The molecule has 0 aromatic carbocycles. The van der Waals surface area contributed by atoms with E-state index in [1.807, 2.05) is 18.3 Å². The van der Waals surface area contributed by atoms with Crippen LogP contribution in [0.1, 0.15) is 23.3 Å². The zero-order valence-electron chi connectivity index (χ0n) is 11.9. The molecule has 8 heteroatoms. The maximum absolute atomic E-state index is 12.1. The van der Waals surface area contributed by atoms with Gasteiger partial charge in [0.15, 0.2) is 0 Å². The number of hydrogen-bond acceptors (Lipinski definition) is 4. The van der Waals surface area contributed by atoms with Gasteiger partial charge in [-0.3, -0.25) is 9.78 Å². The molecular formula is C14H19Cl2N5O. The third-order valence-corrected chi connectivity index (χ3v) is 3.42. The van der Waals surface area contributed by atoms with E-state index < -0.39 is 0 Å². The van der Waals surface area contributed by atoms with Crippen LogP contribution in [0.15, 0.2) is 36.8 Å². The van der Waals surface area contributed by atoms with Gasteiger partial charge in [0.05, 0.1) is 5.69 Å². The lowest BCUT2D eigenvalue weighted by Gasteiger charge is -2.11. The number of amides is 1. The first-order valence-corrected chi connectivity index (χ1v) is 6.80. The van der Waals surface area contributed by atoms with E-state index in [1.54, 1.807) is 23.1 Å². The standard InChI is InChI=1S/C14H17N5O.2ClH/c20-14(17-10-11-3-1-5-15-11)13-9-12(4-7-16-13)19-8-2-6-18-19;;/h2,4,6-9,11,15H,1,3,5,10H2,(H,17,20);2*1H. The van der Waals surface area contributed by atoms with Gasteiger partial charge in [-0.15, -0.1) is 24.8 Å². The van der Waals surface area contributed by atoms with Crippen molar-refractivity contribution in [3.05, 3.63) is 42.5 Å². The first-order valence-electron chi connectivity index (χ1n) is 6.80. The molecule has 0 bridgehead atoms. The zero-order chi connectivity index (χ0) is 13.8. The van der Waals surface area contributed by atoms with Crippen LogP contribution in [0.3, 0.4) is 0 Å². The molecule has 0 saturated carbocycles. The molecule has 6 nitrogen and oxygen atoms in total. The Balaban J connectivity index is 0.00000121. The van der Waals surface area contributed by atoms with Crippen molar-refractivity contribution in [3.8, 4) is 5.69 Å². The molecule has 22 heavy (non-hydrogen) atoms. The Hall–Kier alpha value is -1.63. The van der Waals surface area contributed by atoms with Gasteiger partial charge >= 0.3 is 0 Å². The normalized spacial score (nSPS) is 16.5. The van der Waals surface area contributed by atoms with Crippen LogP contribution >= 0.6 is 24.8 Å². The Bertz CT molecular complexity index is 585. The Morgan fingerprint density at radius 3 is 2.95 bits per heavy atom. The topological polar surface area (TPSA) is 71.8 Å². The number of carbonyl (C=O) groups excluding carboxylic acids is 1. The number of rotatable bonds is 4. The average molecular weight is 344 g/mol. The maximum atomic E-state index is 12.1. The van der Waals surface area contributed by atoms with E-state index >= 15 is 0 Å². The van der Waals surface area contributed by atoms with E-state index in [2.05, 4.69) is 20.7 Å². The number of carbonyl (C=O) groups is 1. The van der Waals surface area contributed by atoms with Crippen molar-refractivity contribution >= 4 is 30.7 Å². The van der Waals surface area contributed by atoms with Gasteiger partial charge < -0.3 is 10.6 Å².